The van der Waals surface area contributed by atoms with Crippen LogP contribution in [0.5, 0.6) is 5.75 Å². The highest BCUT2D eigenvalue weighted by atomic mass is 35.5. The lowest BCUT2D eigenvalue weighted by Gasteiger charge is -2.31. The molecule has 162 valence electrons. The predicted molar refractivity (Wildman–Crippen MR) is 121 cm³/mol. The molecule has 0 spiro atoms. The normalized spacial score (nSPS) is 11.8. The predicted octanol–water partition coefficient (Wildman–Crippen LogP) is 4.67. The second kappa shape index (κ2) is 11.0. The van der Waals surface area contributed by atoms with Crippen molar-refractivity contribution < 1.29 is 14.3 Å². The Hall–Kier alpha value is -2.53. The summed E-state index contributed by atoms with van der Waals surface area (Å²) in [5.74, 6) is 0.224. The van der Waals surface area contributed by atoms with Crippen LogP contribution in [-0.2, 0) is 16.1 Å². The number of benzene rings is 2. The molecule has 0 aliphatic rings. The maximum atomic E-state index is 13.2. The summed E-state index contributed by atoms with van der Waals surface area (Å²) in [6.45, 7) is 9.73. The Morgan fingerprint density at radius 1 is 1.10 bits per heavy atom. The van der Waals surface area contributed by atoms with Crippen molar-refractivity contribution in [1.29, 1.82) is 0 Å². The van der Waals surface area contributed by atoms with E-state index in [-0.39, 0.29) is 31.0 Å². The van der Waals surface area contributed by atoms with E-state index in [0.29, 0.717) is 17.2 Å². The lowest BCUT2D eigenvalue weighted by Crippen LogP contribution is -2.51. The Balaban J connectivity index is 2.26. The molecule has 0 bridgehead atoms. The molecule has 0 aliphatic carbocycles. The molecule has 1 N–H and O–H groups in total. The highest BCUT2D eigenvalue weighted by molar-refractivity contribution is 6.31. The molecule has 0 unspecified atom stereocenters. The zero-order chi connectivity index (χ0) is 22.3. The molecule has 5 nitrogen and oxygen atoms in total. The molecule has 2 aromatic carbocycles. The van der Waals surface area contributed by atoms with E-state index in [1.165, 1.54) is 0 Å². The lowest BCUT2D eigenvalue weighted by atomic mass is 10.1. The molecular weight excluding hydrogens is 400 g/mol. The molecule has 2 aromatic rings. The first-order valence-corrected chi connectivity index (χ1v) is 10.6. The number of nitrogens with one attached hydrogen (secondary N) is 1. The molecule has 2 rings (SSSR count). The maximum Gasteiger partial charge on any atom is 0.261 e. The standard InChI is InChI=1S/C24H31ClN2O3/c1-6-21(24(29)26-16(2)3)27(14-19-11-7-8-12-20(19)25)23(28)15-30-22-13-9-10-17(4)18(22)5/h7-13,16,21H,6,14-15H2,1-5H3,(H,26,29)/t21-/m0/s1. The molecule has 0 radical (unpaired) electrons. The first kappa shape index (κ1) is 23.7. The van der Waals surface area contributed by atoms with Crippen LogP contribution in [-0.4, -0.2) is 35.4 Å². The summed E-state index contributed by atoms with van der Waals surface area (Å²) in [6.07, 6.45) is 0.484. The number of aryl methyl sites for hydroxylation is 1. The molecule has 0 aliphatic heterocycles. The van der Waals surface area contributed by atoms with Gasteiger partial charge in [0.1, 0.15) is 11.8 Å². The Kier molecular flexibility index (Phi) is 8.72. The van der Waals surface area contributed by atoms with Gasteiger partial charge in [-0.1, -0.05) is 48.9 Å². The Labute approximate surface area is 184 Å². The summed E-state index contributed by atoms with van der Waals surface area (Å²) >= 11 is 6.33. The SMILES string of the molecule is CC[C@@H](C(=O)NC(C)C)N(Cc1ccccc1Cl)C(=O)COc1cccc(C)c1C. The minimum absolute atomic E-state index is 0.0185. The highest BCUT2D eigenvalue weighted by Crippen LogP contribution is 2.22. The number of hydrogen-bond acceptors (Lipinski definition) is 3. The van der Waals surface area contributed by atoms with E-state index in [9.17, 15) is 9.59 Å². The van der Waals surface area contributed by atoms with Crippen molar-refractivity contribution in [1.82, 2.24) is 10.2 Å². The van der Waals surface area contributed by atoms with E-state index in [0.717, 1.165) is 16.7 Å². The molecule has 0 fully saturated rings. The van der Waals surface area contributed by atoms with Crippen LogP contribution >= 0.6 is 11.6 Å². The Bertz CT molecular complexity index is 883. The molecule has 30 heavy (non-hydrogen) atoms. The van der Waals surface area contributed by atoms with Crippen molar-refractivity contribution in [2.24, 2.45) is 0 Å². The number of nitrogens with zero attached hydrogens (tertiary/aromatic N) is 1. The Morgan fingerprint density at radius 2 is 1.80 bits per heavy atom. The van der Waals surface area contributed by atoms with Gasteiger partial charge in [0, 0.05) is 17.6 Å². The van der Waals surface area contributed by atoms with Gasteiger partial charge in [-0.15, -0.1) is 0 Å². The van der Waals surface area contributed by atoms with Crippen molar-refractivity contribution in [3.63, 3.8) is 0 Å². The molecule has 0 heterocycles. The van der Waals surface area contributed by atoms with Crippen LogP contribution in [0, 0.1) is 13.8 Å². The fourth-order valence-electron chi connectivity index (χ4n) is 3.21. The van der Waals surface area contributed by atoms with E-state index in [1.54, 1.807) is 11.0 Å². The number of amides is 2. The molecule has 6 heteroatoms. The molecule has 1 atom stereocenters. The van der Waals surface area contributed by atoms with E-state index >= 15 is 0 Å². The van der Waals surface area contributed by atoms with E-state index < -0.39 is 6.04 Å². The van der Waals surface area contributed by atoms with Gasteiger partial charge in [-0.05, 0) is 62.9 Å². The topological polar surface area (TPSA) is 58.6 Å². The van der Waals surface area contributed by atoms with Gasteiger partial charge in [-0.3, -0.25) is 9.59 Å². The summed E-state index contributed by atoms with van der Waals surface area (Å²) in [4.78, 5) is 27.6. The Morgan fingerprint density at radius 3 is 2.43 bits per heavy atom. The van der Waals surface area contributed by atoms with Gasteiger partial charge in [0.2, 0.25) is 5.91 Å². The van der Waals surface area contributed by atoms with Crippen LogP contribution in [0.1, 0.15) is 43.9 Å². The molecular formula is C24H31ClN2O3. The van der Waals surface area contributed by atoms with Gasteiger partial charge >= 0.3 is 0 Å². The van der Waals surface area contributed by atoms with Crippen LogP contribution in [0.15, 0.2) is 42.5 Å². The minimum Gasteiger partial charge on any atom is -0.483 e. The average molecular weight is 431 g/mol. The number of hydrogen-bond donors (Lipinski definition) is 1. The van der Waals surface area contributed by atoms with Crippen LogP contribution in [0.4, 0.5) is 0 Å². The number of rotatable bonds is 9. The number of carbonyl (C=O) groups is 2. The van der Waals surface area contributed by atoms with Gasteiger partial charge in [-0.2, -0.15) is 0 Å². The van der Waals surface area contributed by atoms with Gasteiger partial charge < -0.3 is 15.0 Å². The van der Waals surface area contributed by atoms with Crippen molar-refractivity contribution in [2.75, 3.05) is 6.61 Å². The smallest absolute Gasteiger partial charge is 0.261 e. The number of halogens is 1. The number of ether oxygens (including phenoxy) is 1. The zero-order valence-electron chi connectivity index (χ0n) is 18.4. The zero-order valence-corrected chi connectivity index (χ0v) is 19.1. The summed E-state index contributed by atoms with van der Waals surface area (Å²) in [5, 5.41) is 3.47. The van der Waals surface area contributed by atoms with Crippen LogP contribution in [0.2, 0.25) is 5.02 Å². The van der Waals surface area contributed by atoms with Crippen molar-refractivity contribution in [3.05, 3.63) is 64.2 Å². The summed E-state index contributed by atoms with van der Waals surface area (Å²) in [5.41, 5.74) is 2.87. The average Bonchev–Trinajstić information content (AvgIpc) is 2.69. The van der Waals surface area contributed by atoms with Gasteiger partial charge in [0.25, 0.3) is 5.91 Å². The van der Waals surface area contributed by atoms with Crippen LogP contribution in [0.3, 0.4) is 0 Å². The van der Waals surface area contributed by atoms with Gasteiger partial charge in [-0.25, -0.2) is 0 Å². The highest BCUT2D eigenvalue weighted by Gasteiger charge is 2.29. The van der Waals surface area contributed by atoms with Gasteiger partial charge in [0.15, 0.2) is 6.61 Å². The van der Waals surface area contributed by atoms with E-state index in [1.807, 2.05) is 71.0 Å². The van der Waals surface area contributed by atoms with Crippen LogP contribution < -0.4 is 10.1 Å². The number of carbonyl (C=O) groups excluding carboxylic acids is 2. The van der Waals surface area contributed by atoms with Crippen molar-refractivity contribution in [3.8, 4) is 5.75 Å². The first-order valence-electron chi connectivity index (χ1n) is 10.3. The van der Waals surface area contributed by atoms with E-state index in [4.69, 9.17) is 16.3 Å². The fraction of sp³-hybridized carbons (Fsp3) is 0.417. The molecule has 2 amide bonds. The summed E-state index contributed by atoms with van der Waals surface area (Å²) in [7, 11) is 0. The summed E-state index contributed by atoms with van der Waals surface area (Å²) in [6, 6.07) is 12.5. The summed E-state index contributed by atoms with van der Waals surface area (Å²) < 4.78 is 5.83. The largest absolute Gasteiger partial charge is 0.483 e. The minimum atomic E-state index is -0.613. The van der Waals surface area contributed by atoms with Gasteiger partial charge in [0.05, 0.1) is 0 Å². The monoisotopic (exact) mass is 430 g/mol. The molecule has 0 aromatic heterocycles. The second-order valence-electron chi connectivity index (χ2n) is 7.69. The van der Waals surface area contributed by atoms with Crippen molar-refractivity contribution >= 4 is 23.4 Å². The quantitative estimate of drug-likeness (QED) is 0.629. The third-order valence-electron chi connectivity index (χ3n) is 5.02. The molecule has 0 saturated heterocycles. The first-order chi connectivity index (χ1) is 14.2. The lowest BCUT2D eigenvalue weighted by molar-refractivity contribution is -0.143. The third-order valence-corrected chi connectivity index (χ3v) is 5.39. The molecule has 0 saturated carbocycles. The van der Waals surface area contributed by atoms with Crippen LogP contribution in [0.25, 0.3) is 0 Å². The second-order valence-corrected chi connectivity index (χ2v) is 8.09. The maximum absolute atomic E-state index is 13.2. The fourth-order valence-corrected chi connectivity index (χ4v) is 3.41. The van der Waals surface area contributed by atoms with Crippen molar-refractivity contribution in [2.45, 2.75) is 59.7 Å². The third kappa shape index (κ3) is 6.23. The van der Waals surface area contributed by atoms with E-state index in [2.05, 4.69) is 5.32 Å².